The van der Waals surface area contributed by atoms with Crippen molar-refractivity contribution in [2.75, 3.05) is 6.54 Å². The van der Waals surface area contributed by atoms with Crippen molar-refractivity contribution in [3.63, 3.8) is 0 Å². The highest BCUT2D eigenvalue weighted by Crippen LogP contribution is 2.25. The molecule has 1 aromatic rings. The Balaban J connectivity index is 1.94. The molecule has 92 valence electrons. The topological polar surface area (TPSA) is 49.3 Å². The first-order valence-electron chi connectivity index (χ1n) is 5.93. The molecule has 0 aliphatic heterocycles. The minimum Gasteiger partial charge on any atom is -0.507 e. The lowest BCUT2D eigenvalue weighted by molar-refractivity contribution is 0.0945. The number of phenols is 1. The molecule has 1 fully saturated rings. The van der Waals surface area contributed by atoms with Crippen molar-refractivity contribution in [1.29, 1.82) is 0 Å². The van der Waals surface area contributed by atoms with E-state index in [1.165, 1.54) is 31.7 Å². The number of benzene rings is 1. The van der Waals surface area contributed by atoms with Gasteiger partial charge in [0.25, 0.3) is 5.91 Å². The van der Waals surface area contributed by atoms with Gasteiger partial charge in [-0.1, -0.05) is 24.4 Å². The zero-order valence-electron chi connectivity index (χ0n) is 9.58. The number of halogens is 1. The quantitative estimate of drug-likeness (QED) is 0.870. The molecule has 1 aliphatic rings. The summed E-state index contributed by atoms with van der Waals surface area (Å²) in [6, 6.07) is 4.53. The summed E-state index contributed by atoms with van der Waals surface area (Å²) in [6.07, 6.45) is 4.89. The molecule has 0 unspecified atom stereocenters. The third kappa shape index (κ3) is 3.13. The van der Waals surface area contributed by atoms with Crippen molar-refractivity contribution >= 4 is 17.5 Å². The molecule has 0 bridgehead atoms. The molecule has 17 heavy (non-hydrogen) atoms. The Morgan fingerprint density at radius 3 is 2.76 bits per heavy atom. The van der Waals surface area contributed by atoms with Crippen LogP contribution in [0, 0.1) is 5.92 Å². The van der Waals surface area contributed by atoms with Gasteiger partial charge in [-0.25, -0.2) is 0 Å². The fourth-order valence-corrected chi connectivity index (χ4v) is 2.41. The molecule has 2 rings (SSSR count). The number of carbonyl (C=O) groups is 1. The number of carbonyl (C=O) groups excluding carboxylic acids is 1. The molecule has 3 nitrogen and oxygen atoms in total. The second-order valence-electron chi connectivity index (χ2n) is 4.52. The van der Waals surface area contributed by atoms with E-state index in [-0.39, 0.29) is 17.2 Å². The van der Waals surface area contributed by atoms with Crippen molar-refractivity contribution in [1.82, 2.24) is 5.32 Å². The molecule has 0 spiro atoms. The maximum atomic E-state index is 11.8. The number of amides is 1. The van der Waals surface area contributed by atoms with Gasteiger partial charge in [0.15, 0.2) is 0 Å². The average Bonchev–Trinajstić information content (AvgIpc) is 2.78. The van der Waals surface area contributed by atoms with Gasteiger partial charge in [0.1, 0.15) is 5.75 Å². The molecular formula is C13H16ClNO2. The molecule has 0 aromatic heterocycles. The Hall–Kier alpha value is -1.22. The fourth-order valence-electron chi connectivity index (χ4n) is 2.24. The van der Waals surface area contributed by atoms with Gasteiger partial charge >= 0.3 is 0 Å². The number of nitrogens with one attached hydrogen (secondary N) is 1. The second-order valence-corrected chi connectivity index (χ2v) is 4.96. The molecule has 1 amide bonds. The van der Waals surface area contributed by atoms with Crippen LogP contribution in [0.2, 0.25) is 5.02 Å². The molecule has 0 heterocycles. The molecule has 2 N–H and O–H groups in total. The predicted octanol–water partition coefficient (Wildman–Crippen LogP) is 2.97. The lowest BCUT2D eigenvalue weighted by Gasteiger charge is -2.11. The summed E-state index contributed by atoms with van der Waals surface area (Å²) in [6.45, 7) is 0.695. The standard InChI is InChI=1S/C13H16ClNO2/c14-10-5-6-11(12(16)7-10)13(17)15-8-9-3-1-2-4-9/h5-7,9,16H,1-4,8H2,(H,15,17). The minimum absolute atomic E-state index is 0.0681. The molecule has 1 aliphatic carbocycles. The summed E-state index contributed by atoms with van der Waals surface area (Å²) in [4.78, 5) is 11.8. The van der Waals surface area contributed by atoms with Crippen LogP contribution in [0.25, 0.3) is 0 Å². The van der Waals surface area contributed by atoms with E-state index in [2.05, 4.69) is 5.32 Å². The lowest BCUT2D eigenvalue weighted by atomic mass is 10.1. The highest BCUT2D eigenvalue weighted by molar-refractivity contribution is 6.30. The number of rotatable bonds is 3. The summed E-state index contributed by atoms with van der Waals surface area (Å²) >= 11 is 5.71. The molecule has 0 atom stereocenters. The molecule has 4 heteroatoms. The summed E-state index contributed by atoms with van der Waals surface area (Å²) in [5.41, 5.74) is 0.285. The number of aromatic hydroxyl groups is 1. The fraction of sp³-hybridized carbons (Fsp3) is 0.462. The average molecular weight is 254 g/mol. The predicted molar refractivity (Wildman–Crippen MR) is 67.4 cm³/mol. The molecular weight excluding hydrogens is 238 g/mol. The summed E-state index contributed by atoms with van der Waals surface area (Å²) in [5, 5.41) is 12.9. The maximum absolute atomic E-state index is 11.8. The van der Waals surface area contributed by atoms with Gasteiger partial charge < -0.3 is 10.4 Å². The largest absolute Gasteiger partial charge is 0.507 e. The Morgan fingerprint density at radius 2 is 2.12 bits per heavy atom. The first-order chi connectivity index (χ1) is 8.16. The van der Waals surface area contributed by atoms with Crippen LogP contribution in [0.15, 0.2) is 18.2 Å². The highest BCUT2D eigenvalue weighted by Gasteiger charge is 2.17. The number of phenolic OH excluding ortho intramolecular Hbond substituents is 1. The van der Waals surface area contributed by atoms with Gasteiger partial charge in [-0.05, 0) is 37.0 Å². The van der Waals surface area contributed by atoms with E-state index in [1.807, 2.05) is 0 Å². The molecule has 1 saturated carbocycles. The summed E-state index contributed by atoms with van der Waals surface area (Å²) < 4.78 is 0. The Morgan fingerprint density at radius 1 is 1.41 bits per heavy atom. The second kappa shape index (κ2) is 5.41. The van der Waals surface area contributed by atoms with E-state index in [4.69, 9.17) is 11.6 Å². The van der Waals surface area contributed by atoms with Gasteiger partial charge in [-0.3, -0.25) is 4.79 Å². The van der Waals surface area contributed by atoms with Crippen LogP contribution < -0.4 is 5.32 Å². The highest BCUT2D eigenvalue weighted by atomic mass is 35.5. The van der Waals surface area contributed by atoms with E-state index < -0.39 is 0 Å². The van der Waals surface area contributed by atoms with E-state index in [0.717, 1.165) is 0 Å². The van der Waals surface area contributed by atoms with Crippen LogP contribution in [0.1, 0.15) is 36.0 Å². The molecule has 0 radical (unpaired) electrons. The van der Waals surface area contributed by atoms with Gasteiger partial charge in [0, 0.05) is 11.6 Å². The van der Waals surface area contributed by atoms with E-state index in [1.54, 1.807) is 12.1 Å². The number of hydrogen-bond donors (Lipinski definition) is 2. The lowest BCUT2D eigenvalue weighted by Crippen LogP contribution is -2.28. The smallest absolute Gasteiger partial charge is 0.255 e. The van der Waals surface area contributed by atoms with E-state index >= 15 is 0 Å². The molecule has 0 saturated heterocycles. The normalized spacial score (nSPS) is 16.1. The van der Waals surface area contributed by atoms with Crippen LogP contribution in [0.5, 0.6) is 5.75 Å². The van der Waals surface area contributed by atoms with Crippen molar-refractivity contribution in [3.05, 3.63) is 28.8 Å². The number of hydrogen-bond acceptors (Lipinski definition) is 2. The zero-order valence-corrected chi connectivity index (χ0v) is 10.3. The first kappa shape index (κ1) is 12.2. The van der Waals surface area contributed by atoms with Crippen LogP contribution in [0.3, 0.4) is 0 Å². The van der Waals surface area contributed by atoms with Gasteiger partial charge in [-0.15, -0.1) is 0 Å². The van der Waals surface area contributed by atoms with Crippen LogP contribution in [-0.2, 0) is 0 Å². The van der Waals surface area contributed by atoms with Crippen molar-refractivity contribution in [2.45, 2.75) is 25.7 Å². The Bertz CT molecular complexity index is 414. The van der Waals surface area contributed by atoms with Gasteiger partial charge in [0.2, 0.25) is 0 Å². The minimum atomic E-state index is -0.230. The van der Waals surface area contributed by atoms with Gasteiger partial charge in [0.05, 0.1) is 5.56 Å². The van der Waals surface area contributed by atoms with Crippen LogP contribution in [0.4, 0.5) is 0 Å². The third-order valence-corrected chi connectivity index (χ3v) is 3.47. The first-order valence-corrected chi connectivity index (χ1v) is 6.31. The Kier molecular flexibility index (Phi) is 3.89. The zero-order chi connectivity index (χ0) is 12.3. The van der Waals surface area contributed by atoms with Crippen molar-refractivity contribution in [3.8, 4) is 5.75 Å². The monoisotopic (exact) mass is 253 g/mol. The van der Waals surface area contributed by atoms with Crippen molar-refractivity contribution in [2.24, 2.45) is 5.92 Å². The SMILES string of the molecule is O=C(NCC1CCCC1)c1ccc(Cl)cc1O. The summed E-state index contributed by atoms with van der Waals surface area (Å²) in [7, 11) is 0. The van der Waals surface area contributed by atoms with Crippen molar-refractivity contribution < 1.29 is 9.90 Å². The van der Waals surface area contributed by atoms with Crippen LogP contribution >= 0.6 is 11.6 Å². The Labute approximate surface area is 106 Å². The third-order valence-electron chi connectivity index (χ3n) is 3.23. The van der Waals surface area contributed by atoms with Crippen LogP contribution in [-0.4, -0.2) is 17.6 Å². The molecule has 1 aromatic carbocycles. The maximum Gasteiger partial charge on any atom is 0.255 e. The summed E-state index contributed by atoms with van der Waals surface area (Å²) in [5.74, 6) is 0.292. The van der Waals surface area contributed by atoms with E-state index in [9.17, 15) is 9.90 Å². The van der Waals surface area contributed by atoms with E-state index in [0.29, 0.717) is 17.5 Å². The van der Waals surface area contributed by atoms with Gasteiger partial charge in [-0.2, -0.15) is 0 Å².